The molecule has 0 aliphatic heterocycles. The maximum Gasteiger partial charge on any atom is 0.140 e. The number of hydrogen-bond acceptors (Lipinski definition) is 2. The van der Waals surface area contributed by atoms with Crippen molar-refractivity contribution in [3.63, 3.8) is 0 Å². The molecule has 0 fully saturated rings. The third-order valence-electron chi connectivity index (χ3n) is 10.5. The van der Waals surface area contributed by atoms with E-state index < -0.39 is 0 Å². The molecule has 7 rings (SSSR count). The van der Waals surface area contributed by atoms with Crippen LogP contribution in [0.1, 0.15) is 111 Å². The lowest BCUT2D eigenvalue weighted by molar-refractivity contribution is 0.281. The lowest BCUT2D eigenvalue weighted by Crippen LogP contribution is -2.11. The Kier molecular flexibility index (Phi) is 7.70. The van der Waals surface area contributed by atoms with E-state index in [9.17, 15) is 5.11 Å². The van der Waals surface area contributed by atoms with Crippen LogP contribution in [0.15, 0.2) is 84.9 Å². The van der Waals surface area contributed by atoms with Crippen LogP contribution in [-0.2, 0) is 28.3 Å². The molecule has 1 N–H and O–H groups in total. The lowest BCUT2D eigenvalue weighted by atomic mass is 9.85. The van der Waals surface area contributed by atoms with Crippen LogP contribution < -0.4 is 0 Å². The molecule has 0 aliphatic rings. The van der Waals surface area contributed by atoms with Gasteiger partial charge in [0.15, 0.2) is 0 Å². The average molecular weight is 664 g/mol. The van der Waals surface area contributed by atoms with Gasteiger partial charge < -0.3 is 5.11 Å². The second-order valence-corrected chi connectivity index (χ2v) is 18.4. The molecule has 0 saturated carbocycles. The van der Waals surface area contributed by atoms with Crippen LogP contribution in [0.5, 0.6) is 0 Å². The van der Waals surface area contributed by atoms with Gasteiger partial charge in [-0.2, -0.15) is 0 Å². The molecular weight excluding hydrogens is 611 g/mol. The van der Waals surface area contributed by atoms with Gasteiger partial charge in [-0.15, -0.1) is 0 Å². The predicted octanol–water partition coefficient (Wildman–Crippen LogP) is 12.0. The fourth-order valence-corrected chi connectivity index (χ4v) is 7.28. The number of rotatable bonds is 3. The summed E-state index contributed by atoms with van der Waals surface area (Å²) < 4.78 is 4.57. The van der Waals surface area contributed by atoms with Crippen LogP contribution in [0, 0.1) is 0 Å². The minimum atomic E-state index is -0.0819. The van der Waals surface area contributed by atoms with Crippen molar-refractivity contribution in [2.75, 3.05) is 0 Å². The van der Waals surface area contributed by atoms with Crippen LogP contribution >= 0.6 is 0 Å². The fourth-order valence-electron chi connectivity index (χ4n) is 7.28. The maximum absolute atomic E-state index is 10.7. The van der Waals surface area contributed by atoms with Crippen molar-refractivity contribution in [3.05, 3.63) is 113 Å². The largest absolute Gasteiger partial charge is 0.392 e. The molecule has 0 saturated heterocycles. The standard InChI is InChI=1S/C46H53N3O/c1-43(2,3)29-13-17-37-33(23-29)34-24-30(44(4,5)6)14-18-38(34)48(37)41-21-28(27-50)22-42(47-41)49-39-19-15-31(45(7,8)9)25-35(39)36-26-32(46(10,11)12)16-20-40(36)49/h13-26,50H,27H2,1-12H3. The maximum atomic E-state index is 10.7. The van der Waals surface area contributed by atoms with Gasteiger partial charge in [-0.1, -0.05) is 107 Å². The Morgan fingerprint density at radius 2 is 0.680 bits per heavy atom. The molecule has 258 valence electrons. The van der Waals surface area contributed by atoms with E-state index in [-0.39, 0.29) is 28.3 Å². The Morgan fingerprint density at radius 1 is 0.420 bits per heavy atom. The predicted molar refractivity (Wildman–Crippen MR) is 214 cm³/mol. The van der Waals surface area contributed by atoms with Crippen LogP contribution in [0.2, 0.25) is 0 Å². The highest BCUT2D eigenvalue weighted by atomic mass is 16.3. The summed E-state index contributed by atoms with van der Waals surface area (Å²) >= 11 is 0. The summed E-state index contributed by atoms with van der Waals surface area (Å²) in [5.74, 6) is 1.59. The summed E-state index contributed by atoms with van der Waals surface area (Å²) in [5, 5.41) is 15.6. The number of aliphatic hydroxyl groups excluding tert-OH is 1. The van der Waals surface area contributed by atoms with E-state index >= 15 is 0 Å². The van der Waals surface area contributed by atoms with Gasteiger partial charge in [0.05, 0.1) is 28.7 Å². The van der Waals surface area contributed by atoms with Crippen molar-refractivity contribution >= 4 is 43.6 Å². The third-order valence-corrected chi connectivity index (χ3v) is 10.5. The number of benzene rings is 4. The van der Waals surface area contributed by atoms with Crippen molar-refractivity contribution in [3.8, 4) is 11.6 Å². The molecule has 0 amide bonds. The van der Waals surface area contributed by atoms with Gasteiger partial charge in [-0.3, -0.25) is 9.13 Å². The number of fused-ring (bicyclic) bond motifs is 6. The van der Waals surface area contributed by atoms with Gasteiger partial charge in [-0.25, -0.2) is 4.98 Å². The third kappa shape index (κ3) is 5.72. The molecule has 0 aliphatic carbocycles. The zero-order valence-corrected chi connectivity index (χ0v) is 32.1. The first-order valence-corrected chi connectivity index (χ1v) is 18.1. The molecule has 3 heterocycles. The smallest absolute Gasteiger partial charge is 0.140 e. The Bertz CT molecular complexity index is 2130. The highest BCUT2D eigenvalue weighted by Gasteiger charge is 2.24. The Hall–Kier alpha value is -4.41. The summed E-state index contributed by atoms with van der Waals surface area (Å²) in [6.07, 6.45) is 0. The van der Waals surface area contributed by atoms with Gasteiger partial charge in [0.2, 0.25) is 0 Å². The first-order valence-electron chi connectivity index (χ1n) is 18.1. The number of aromatic nitrogens is 3. The molecule has 0 atom stereocenters. The topological polar surface area (TPSA) is 43.0 Å². The minimum absolute atomic E-state index is 0.0166. The second kappa shape index (κ2) is 11.3. The van der Waals surface area contributed by atoms with Crippen molar-refractivity contribution < 1.29 is 5.11 Å². The number of aliphatic hydroxyl groups is 1. The van der Waals surface area contributed by atoms with Crippen molar-refractivity contribution in [1.82, 2.24) is 14.1 Å². The second-order valence-electron chi connectivity index (χ2n) is 18.4. The zero-order valence-electron chi connectivity index (χ0n) is 32.1. The van der Waals surface area contributed by atoms with Crippen LogP contribution in [0.3, 0.4) is 0 Å². The summed E-state index contributed by atoms with van der Waals surface area (Å²) in [5.41, 5.74) is 10.5. The highest BCUT2D eigenvalue weighted by Crippen LogP contribution is 2.40. The molecule has 7 aromatic rings. The lowest BCUT2D eigenvalue weighted by Gasteiger charge is -2.19. The summed E-state index contributed by atoms with van der Waals surface area (Å²) in [7, 11) is 0. The van der Waals surface area contributed by atoms with Gasteiger partial charge in [-0.05, 0) is 110 Å². The molecule has 0 radical (unpaired) electrons. The average Bonchev–Trinajstić information content (AvgIpc) is 3.54. The molecule has 0 unspecified atom stereocenters. The Morgan fingerprint density at radius 3 is 0.900 bits per heavy atom. The van der Waals surface area contributed by atoms with Crippen molar-refractivity contribution in [2.24, 2.45) is 0 Å². The fraction of sp³-hybridized carbons (Fsp3) is 0.370. The quantitative estimate of drug-likeness (QED) is 0.204. The summed E-state index contributed by atoms with van der Waals surface area (Å²) in [6.45, 7) is 27.2. The summed E-state index contributed by atoms with van der Waals surface area (Å²) in [6, 6.07) is 31.6. The van der Waals surface area contributed by atoms with Crippen molar-refractivity contribution in [2.45, 2.75) is 111 Å². The first-order chi connectivity index (χ1) is 23.3. The monoisotopic (exact) mass is 663 g/mol. The minimum Gasteiger partial charge on any atom is -0.392 e. The van der Waals surface area contributed by atoms with E-state index in [1.807, 2.05) is 12.1 Å². The van der Waals surface area contributed by atoms with E-state index in [1.165, 1.54) is 43.8 Å². The van der Waals surface area contributed by atoms with Crippen LogP contribution in [0.25, 0.3) is 55.2 Å². The molecule has 0 spiro atoms. The SMILES string of the molecule is CC(C)(C)c1ccc2c(c1)c1cc(C(C)(C)C)ccc1n2-c1cc(CO)cc(-n2c3ccc(C(C)(C)C)cc3c3cc(C(C)(C)C)ccc32)n1. The number of pyridine rings is 1. The van der Waals surface area contributed by atoms with E-state index in [1.54, 1.807) is 0 Å². The van der Waals surface area contributed by atoms with Gasteiger partial charge in [0.25, 0.3) is 0 Å². The molecule has 0 bridgehead atoms. The Balaban J connectivity index is 1.55. The van der Waals surface area contributed by atoms with Crippen molar-refractivity contribution in [1.29, 1.82) is 0 Å². The van der Waals surface area contributed by atoms with E-state index in [0.717, 1.165) is 39.3 Å². The normalized spacial score (nSPS) is 13.4. The van der Waals surface area contributed by atoms with E-state index in [0.29, 0.717) is 0 Å². The van der Waals surface area contributed by atoms with Gasteiger partial charge >= 0.3 is 0 Å². The molecule has 4 nitrogen and oxygen atoms in total. The highest BCUT2D eigenvalue weighted by molar-refractivity contribution is 6.11. The van der Waals surface area contributed by atoms with Crippen LogP contribution in [0.4, 0.5) is 0 Å². The van der Waals surface area contributed by atoms with E-state index in [4.69, 9.17) is 4.98 Å². The van der Waals surface area contributed by atoms with Gasteiger partial charge in [0.1, 0.15) is 11.6 Å². The molecular formula is C46H53N3O. The molecule has 4 aromatic carbocycles. The van der Waals surface area contributed by atoms with Gasteiger partial charge in [0, 0.05) is 21.5 Å². The molecule has 4 heteroatoms. The number of nitrogens with zero attached hydrogens (tertiary/aromatic N) is 3. The van der Waals surface area contributed by atoms with E-state index in [2.05, 4.69) is 165 Å². The zero-order chi connectivity index (χ0) is 36.1. The first kappa shape index (κ1) is 34.1. The molecule has 3 aromatic heterocycles. The van der Waals surface area contributed by atoms with Crippen LogP contribution in [-0.4, -0.2) is 19.2 Å². The Labute approximate surface area is 297 Å². The molecule has 50 heavy (non-hydrogen) atoms. The number of hydrogen-bond donors (Lipinski definition) is 1. The summed E-state index contributed by atoms with van der Waals surface area (Å²) in [4.78, 5) is 5.47.